The molecular formula is C21H23N7O3. The lowest BCUT2D eigenvalue weighted by atomic mass is 10.2. The lowest BCUT2D eigenvalue weighted by molar-refractivity contribution is -0.384. The number of aromatic nitrogens is 4. The van der Waals surface area contributed by atoms with Crippen molar-refractivity contribution in [2.75, 3.05) is 17.2 Å². The van der Waals surface area contributed by atoms with E-state index < -0.39 is 4.92 Å². The molecule has 1 saturated carbocycles. The number of anilines is 4. The van der Waals surface area contributed by atoms with Crippen LogP contribution in [-0.2, 0) is 4.74 Å². The summed E-state index contributed by atoms with van der Waals surface area (Å²) in [7, 11) is 0. The Morgan fingerprint density at radius 3 is 2.77 bits per heavy atom. The van der Waals surface area contributed by atoms with Gasteiger partial charge in [-0.15, -0.1) is 0 Å². The SMILES string of the molecule is C=C(OCC)c1nc(Nc2ccccc2C)nc(Nc2cc(C3CC3)n[nH]2)c1[N+](=O)[O-]. The van der Waals surface area contributed by atoms with E-state index in [1.807, 2.05) is 37.3 Å². The standard InChI is InChI=1S/C21H23N7O3/c1-4-31-13(3)18-19(28(29)30)20(23-17-11-16(26-27-17)14-9-10-14)25-21(24-18)22-15-8-6-5-7-12(15)2/h5-8,11,14H,3-4,9-10H2,1-2H3,(H3,22,23,24,25,26,27). The first-order valence-electron chi connectivity index (χ1n) is 9.99. The zero-order valence-electron chi connectivity index (χ0n) is 17.3. The number of rotatable bonds is 9. The van der Waals surface area contributed by atoms with E-state index in [1.165, 1.54) is 0 Å². The number of hydrogen-bond acceptors (Lipinski definition) is 8. The van der Waals surface area contributed by atoms with Gasteiger partial charge >= 0.3 is 5.69 Å². The van der Waals surface area contributed by atoms with Crippen LogP contribution >= 0.6 is 0 Å². The molecule has 0 atom stereocenters. The molecule has 10 heteroatoms. The number of para-hydroxylation sites is 1. The average Bonchev–Trinajstić information content (AvgIpc) is 3.48. The quantitative estimate of drug-likeness (QED) is 0.255. The zero-order valence-corrected chi connectivity index (χ0v) is 17.3. The molecular weight excluding hydrogens is 398 g/mol. The van der Waals surface area contributed by atoms with Crippen LogP contribution in [0, 0.1) is 17.0 Å². The van der Waals surface area contributed by atoms with Gasteiger partial charge in [0, 0.05) is 17.7 Å². The van der Waals surface area contributed by atoms with Crippen LogP contribution in [0.5, 0.6) is 0 Å². The maximum Gasteiger partial charge on any atom is 0.341 e. The molecule has 2 aromatic heterocycles. The minimum Gasteiger partial charge on any atom is -0.492 e. The summed E-state index contributed by atoms with van der Waals surface area (Å²) >= 11 is 0. The molecule has 10 nitrogen and oxygen atoms in total. The molecule has 4 rings (SSSR count). The summed E-state index contributed by atoms with van der Waals surface area (Å²) in [6.07, 6.45) is 2.20. The fourth-order valence-corrected chi connectivity index (χ4v) is 3.16. The summed E-state index contributed by atoms with van der Waals surface area (Å²) in [6, 6.07) is 9.46. The highest BCUT2D eigenvalue weighted by atomic mass is 16.6. The van der Waals surface area contributed by atoms with Gasteiger partial charge in [0.2, 0.25) is 11.8 Å². The van der Waals surface area contributed by atoms with E-state index in [1.54, 1.807) is 6.92 Å². The molecule has 3 aromatic rings. The third kappa shape index (κ3) is 4.47. The van der Waals surface area contributed by atoms with Gasteiger partial charge in [-0.25, -0.2) is 4.98 Å². The van der Waals surface area contributed by atoms with E-state index in [9.17, 15) is 10.1 Å². The second kappa shape index (κ2) is 8.42. The third-order valence-corrected chi connectivity index (χ3v) is 4.89. The largest absolute Gasteiger partial charge is 0.492 e. The molecule has 0 amide bonds. The van der Waals surface area contributed by atoms with Gasteiger partial charge in [-0.2, -0.15) is 10.1 Å². The fourth-order valence-electron chi connectivity index (χ4n) is 3.16. The van der Waals surface area contributed by atoms with Crippen LogP contribution in [0.3, 0.4) is 0 Å². The summed E-state index contributed by atoms with van der Waals surface area (Å²) in [5, 5.41) is 25.2. The molecule has 1 aliphatic rings. The minimum absolute atomic E-state index is 0.00219. The molecule has 0 bridgehead atoms. The van der Waals surface area contributed by atoms with Crippen LogP contribution in [-0.4, -0.2) is 31.7 Å². The molecule has 0 aliphatic heterocycles. The lowest BCUT2D eigenvalue weighted by Crippen LogP contribution is -2.10. The summed E-state index contributed by atoms with van der Waals surface area (Å²) in [5.41, 5.74) is 2.37. The molecule has 0 radical (unpaired) electrons. The van der Waals surface area contributed by atoms with Crippen LogP contribution in [0.15, 0.2) is 36.9 Å². The predicted molar refractivity (Wildman–Crippen MR) is 118 cm³/mol. The third-order valence-electron chi connectivity index (χ3n) is 4.89. The Hall–Kier alpha value is -3.95. The highest BCUT2D eigenvalue weighted by Gasteiger charge is 2.29. The second-order valence-electron chi connectivity index (χ2n) is 7.25. The van der Waals surface area contributed by atoms with Crippen molar-refractivity contribution in [2.45, 2.75) is 32.6 Å². The Balaban J connectivity index is 1.77. The molecule has 1 fully saturated rings. The Bertz CT molecular complexity index is 1140. The van der Waals surface area contributed by atoms with E-state index in [2.05, 4.69) is 37.4 Å². The van der Waals surface area contributed by atoms with E-state index in [4.69, 9.17) is 4.74 Å². The molecule has 160 valence electrons. The van der Waals surface area contributed by atoms with E-state index in [0.29, 0.717) is 18.3 Å². The van der Waals surface area contributed by atoms with E-state index in [-0.39, 0.29) is 28.9 Å². The Morgan fingerprint density at radius 2 is 2.10 bits per heavy atom. The van der Waals surface area contributed by atoms with Crippen LogP contribution in [0.25, 0.3) is 5.76 Å². The van der Waals surface area contributed by atoms with Crippen molar-refractivity contribution in [1.82, 2.24) is 20.2 Å². The highest BCUT2D eigenvalue weighted by molar-refractivity contribution is 5.76. The summed E-state index contributed by atoms with van der Waals surface area (Å²) in [6.45, 7) is 7.83. The van der Waals surface area contributed by atoms with Gasteiger partial charge in [-0.3, -0.25) is 15.2 Å². The molecule has 2 heterocycles. The number of ether oxygens (including phenoxy) is 1. The Kier molecular flexibility index (Phi) is 5.52. The lowest BCUT2D eigenvalue weighted by Gasteiger charge is -2.14. The Labute approximate surface area is 178 Å². The smallest absolute Gasteiger partial charge is 0.341 e. The van der Waals surface area contributed by atoms with Crippen molar-refractivity contribution in [1.29, 1.82) is 0 Å². The summed E-state index contributed by atoms with van der Waals surface area (Å²) in [4.78, 5) is 20.1. The van der Waals surface area contributed by atoms with Crippen LogP contribution in [0.1, 0.15) is 42.6 Å². The monoisotopic (exact) mass is 421 g/mol. The minimum atomic E-state index is -0.544. The normalized spacial score (nSPS) is 13.0. The van der Waals surface area contributed by atoms with Crippen LogP contribution < -0.4 is 10.6 Å². The first-order chi connectivity index (χ1) is 15.0. The molecule has 0 saturated heterocycles. The van der Waals surface area contributed by atoms with E-state index >= 15 is 0 Å². The topological polar surface area (TPSA) is 131 Å². The van der Waals surface area contributed by atoms with Gasteiger partial charge in [0.05, 0.1) is 17.2 Å². The summed E-state index contributed by atoms with van der Waals surface area (Å²) in [5.74, 6) is 1.24. The number of aromatic amines is 1. The van der Waals surface area contributed by atoms with E-state index in [0.717, 1.165) is 29.8 Å². The molecule has 1 aromatic carbocycles. The average molecular weight is 421 g/mol. The molecule has 1 aliphatic carbocycles. The van der Waals surface area contributed by atoms with Gasteiger partial charge in [0.1, 0.15) is 11.6 Å². The van der Waals surface area contributed by atoms with Crippen LogP contribution in [0.4, 0.5) is 29.0 Å². The molecule has 0 spiro atoms. The van der Waals surface area contributed by atoms with Crippen molar-refractivity contribution < 1.29 is 9.66 Å². The van der Waals surface area contributed by atoms with Gasteiger partial charge in [0.25, 0.3) is 0 Å². The van der Waals surface area contributed by atoms with Crippen molar-refractivity contribution in [3.8, 4) is 0 Å². The maximum atomic E-state index is 11.9. The summed E-state index contributed by atoms with van der Waals surface area (Å²) < 4.78 is 5.43. The zero-order chi connectivity index (χ0) is 22.0. The van der Waals surface area contributed by atoms with Crippen molar-refractivity contribution in [3.63, 3.8) is 0 Å². The van der Waals surface area contributed by atoms with Crippen molar-refractivity contribution in [2.24, 2.45) is 0 Å². The fraction of sp³-hybridized carbons (Fsp3) is 0.286. The number of benzene rings is 1. The van der Waals surface area contributed by atoms with Crippen molar-refractivity contribution >= 4 is 34.7 Å². The number of aryl methyl sites for hydroxylation is 1. The predicted octanol–water partition coefficient (Wildman–Crippen LogP) is 4.79. The molecule has 3 N–H and O–H groups in total. The Morgan fingerprint density at radius 1 is 1.32 bits per heavy atom. The van der Waals surface area contributed by atoms with Gasteiger partial charge in [0.15, 0.2) is 5.69 Å². The number of nitro groups is 1. The number of H-pyrrole nitrogens is 1. The van der Waals surface area contributed by atoms with Gasteiger partial charge in [-0.1, -0.05) is 24.8 Å². The van der Waals surface area contributed by atoms with Crippen LogP contribution in [0.2, 0.25) is 0 Å². The maximum absolute atomic E-state index is 11.9. The second-order valence-corrected chi connectivity index (χ2v) is 7.25. The molecule has 31 heavy (non-hydrogen) atoms. The van der Waals surface area contributed by atoms with Crippen molar-refractivity contribution in [3.05, 3.63) is 64.0 Å². The van der Waals surface area contributed by atoms with Gasteiger partial charge < -0.3 is 15.4 Å². The number of hydrogen-bond donors (Lipinski definition) is 3. The van der Waals surface area contributed by atoms with Gasteiger partial charge in [-0.05, 0) is 38.3 Å². The highest BCUT2D eigenvalue weighted by Crippen LogP contribution is 2.40. The number of nitrogens with one attached hydrogen (secondary N) is 3. The first-order valence-corrected chi connectivity index (χ1v) is 9.99. The first kappa shape index (κ1) is 20.3. The number of nitrogens with zero attached hydrogens (tertiary/aromatic N) is 4. The molecule has 0 unspecified atom stereocenters.